The van der Waals surface area contributed by atoms with Crippen molar-refractivity contribution < 1.29 is 4.74 Å². The summed E-state index contributed by atoms with van der Waals surface area (Å²) >= 11 is 0. The van der Waals surface area contributed by atoms with Crippen molar-refractivity contribution in [3.63, 3.8) is 0 Å². The van der Waals surface area contributed by atoms with Crippen LogP contribution >= 0.6 is 0 Å². The van der Waals surface area contributed by atoms with Gasteiger partial charge in [0.1, 0.15) is 0 Å². The normalized spacial score (nSPS) is 18.3. The molecule has 0 aromatic rings. The molecule has 0 spiro atoms. The van der Waals surface area contributed by atoms with E-state index in [0.29, 0.717) is 5.41 Å². The summed E-state index contributed by atoms with van der Waals surface area (Å²) in [5.41, 5.74) is 5.94. The van der Waals surface area contributed by atoms with Crippen LogP contribution in [0.25, 0.3) is 0 Å². The Balaban J connectivity index is 4.12. The molecule has 0 saturated heterocycles. The van der Waals surface area contributed by atoms with Crippen molar-refractivity contribution in [2.24, 2.45) is 11.1 Å². The molecule has 2 atom stereocenters. The Kier molecular flexibility index (Phi) is 8.83. The first-order valence-corrected chi connectivity index (χ1v) is 7.44. The first-order valence-electron chi connectivity index (χ1n) is 7.44. The zero-order valence-electron chi connectivity index (χ0n) is 13.1. The van der Waals surface area contributed by atoms with Gasteiger partial charge in [-0.15, -0.1) is 0 Å². The highest BCUT2D eigenvalue weighted by Gasteiger charge is 2.25. The zero-order chi connectivity index (χ0) is 14.1. The minimum atomic E-state index is 0.00760. The molecule has 3 nitrogen and oxygen atoms in total. The Morgan fingerprint density at radius 2 is 1.78 bits per heavy atom. The predicted octanol–water partition coefficient (Wildman–Crippen LogP) is 2.94. The van der Waals surface area contributed by atoms with Crippen LogP contribution in [-0.2, 0) is 4.74 Å². The molecule has 0 fully saturated rings. The fourth-order valence-corrected chi connectivity index (χ4v) is 2.19. The average molecular weight is 258 g/mol. The van der Waals surface area contributed by atoms with E-state index in [4.69, 9.17) is 10.5 Å². The summed E-state index contributed by atoms with van der Waals surface area (Å²) in [5.74, 6) is 0. The lowest BCUT2D eigenvalue weighted by atomic mass is 9.84. The van der Waals surface area contributed by atoms with Crippen molar-refractivity contribution in [2.45, 2.75) is 65.4 Å². The van der Waals surface area contributed by atoms with E-state index >= 15 is 0 Å². The molecule has 0 radical (unpaired) electrons. The minimum Gasteiger partial charge on any atom is -0.375 e. The third kappa shape index (κ3) is 6.72. The molecule has 0 rings (SSSR count). The molecule has 0 heterocycles. The van der Waals surface area contributed by atoms with Crippen LogP contribution in [-0.4, -0.2) is 32.3 Å². The summed E-state index contributed by atoms with van der Waals surface area (Å²) in [6.45, 7) is 11.7. The number of ether oxygens (including phenoxy) is 1. The maximum Gasteiger partial charge on any atom is 0.0652 e. The molecule has 3 N–H and O–H groups in total. The van der Waals surface area contributed by atoms with Crippen molar-refractivity contribution >= 4 is 0 Å². The van der Waals surface area contributed by atoms with Crippen LogP contribution in [0.1, 0.15) is 59.8 Å². The molecular weight excluding hydrogens is 224 g/mol. The molecule has 0 aliphatic heterocycles. The van der Waals surface area contributed by atoms with E-state index < -0.39 is 0 Å². The monoisotopic (exact) mass is 258 g/mol. The molecule has 0 aliphatic rings. The second kappa shape index (κ2) is 8.89. The Bertz CT molecular complexity index is 211. The SMILES string of the molecule is CCC(C)(CCOC(C)(CC)CCCN)CNC. The molecule has 110 valence electrons. The van der Waals surface area contributed by atoms with Gasteiger partial charge in [0.15, 0.2) is 0 Å². The number of nitrogens with one attached hydrogen (secondary N) is 1. The van der Waals surface area contributed by atoms with Crippen molar-refractivity contribution in [3.8, 4) is 0 Å². The van der Waals surface area contributed by atoms with E-state index in [1.54, 1.807) is 0 Å². The molecule has 0 amide bonds. The van der Waals surface area contributed by atoms with Gasteiger partial charge in [0.25, 0.3) is 0 Å². The van der Waals surface area contributed by atoms with Crippen molar-refractivity contribution in [1.29, 1.82) is 0 Å². The second-order valence-corrected chi connectivity index (χ2v) is 5.99. The molecule has 0 bridgehead atoms. The van der Waals surface area contributed by atoms with Crippen molar-refractivity contribution in [3.05, 3.63) is 0 Å². The molecule has 0 aromatic heterocycles. The van der Waals surface area contributed by atoms with E-state index in [2.05, 4.69) is 33.0 Å². The van der Waals surface area contributed by atoms with Crippen molar-refractivity contribution in [2.75, 3.05) is 26.7 Å². The zero-order valence-corrected chi connectivity index (χ0v) is 13.1. The van der Waals surface area contributed by atoms with Gasteiger partial charge < -0.3 is 15.8 Å². The Hall–Kier alpha value is -0.120. The van der Waals surface area contributed by atoms with Gasteiger partial charge in [-0.25, -0.2) is 0 Å². The van der Waals surface area contributed by atoms with Gasteiger partial charge in [-0.1, -0.05) is 20.8 Å². The number of nitrogens with two attached hydrogens (primary N) is 1. The molecule has 0 aliphatic carbocycles. The maximum absolute atomic E-state index is 6.14. The van der Waals surface area contributed by atoms with Crippen LogP contribution in [0.4, 0.5) is 0 Å². The fraction of sp³-hybridized carbons (Fsp3) is 1.00. The summed E-state index contributed by atoms with van der Waals surface area (Å²) in [6.07, 6.45) is 5.47. The Morgan fingerprint density at radius 3 is 2.22 bits per heavy atom. The topological polar surface area (TPSA) is 47.3 Å². The van der Waals surface area contributed by atoms with E-state index in [1.807, 2.05) is 7.05 Å². The number of hydrogen-bond donors (Lipinski definition) is 2. The van der Waals surface area contributed by atoms with E-state index in [1.165, 1.54) is 6.42 Å². The summed E-state index contributed by atoms with van der Waals surface area (Å²) in [7, 11) is 2.02. The molecule has 18 heavy (non-hydrogen) atoms. The Morgan fingerprint density at radius 1 is 1.11 bits per heavy atom. The summed E-state index contributed by atoms with van der Waals surface area (Å²) < 4.78 is 6.14. The minimum absolute atomic E-state index is 0.00760. The standard InChI is InChI=1S/C15H34N2O/c1-6-14(3,13-17-5)10-12-18-15(4,7-2)9-8-11-16/h17H,6-13,16H2,1-5H3. The Labute approximate surface area is 114 Å². The van der Waals surface area contributed by atoms with E-state index in [0.717, 1.165) is 45.4 Å². The highest BCUT2D eigenvalue weighted by molar-refractivity contribution is 4.77. The van der Waals surface area contributed by atoms with Crippen LogP contribution in [0.5, 0.6) is 0 Å². The molecular formula is C15H34N2O. The lowest BCUT2D eigenvalue weighted by molar-refractivity contribution is -0.0520. The number of rotatable bonds is 11. The molecule has 0 saturated carbocycles. The third-order valence-corrected chi connectivity index (χ3v) is 4.27. The van der Waals surface area contributed by atoms with Gasteiger partial charge in [0.05, 0.1) is 5.60 Å². The second-order valence-electron chi connectivity index (χ2n) is 5.99. The van der Waals surface area contributed by atoms with Gasteiger partial charge in [-0.05, 0) is 58.0 Å². The lowest BCUT2D eigenvalue weighted by Crippen LogP contribution is -2.34. The van der Waals surface area contributed by atoms with Gasteiger partial charge in [-0.3, -0.25) is 0 Å². The quantitative estimate of drug-likeness (QED) is 0.599. The molecule has 2 unspecified atom stereocenters. The van der Waals surface area contributed by atoms with Crippen LogP contribution in [0, 0.1) is 5.41 Å². The largest absolute Gasteiger partial charge is 0.375 e. The van der Waals surface area contributed by atoms with Crippen LogP contribution in [0.3, 0.4) is 0 Å². The lowest BCUT2D eigenvalue weighted by Gasteiger charge is -2.33. The maximum atomic E-state index is 6.14. The van der Waals surface area contributed by atoms with Crippen LogP contribution < -0.4 is 11.1 Å². The van der Waals surface area contributed by atoms with Gasteiger partial charge in [0.2, 0.25) is 0 Å². The number of hydrogen-bond acceptors (Lipinski definition) is 3. The van der Waals surface area contributed by atoms with E-state index in [-0.39, 0.29) is 5.60 Å². The predicted molar refractivity (Wildman–Crippen MR) is 79.9 cm³/mol. The van der Waals surface area contributed by atoms with Crippen molar-refractivity contribution in [1.82, 2.24) is 5.32 Å². The molecule has 0 aromatic carbocycles. The van der Waals surface area contributed by atoms with E-state index in [9.17, 15) is 0 Å². The first kappa shape index (κ1) is 17.9. The third-order valence-electron chi connectivity index (χ3n) is 4.27. The van der Waals surface area contributed by atoms with Gasteiger partial charge in [-0.2, -0.15) is 0 Å². The van der Waals surface area contributed by atoms with Crippen LogP contribution in [0.15, 0.2) is 0 Å². The first-order chi connectivity index (χ1) is 8.45. The van der Waals surface area contributed by atoms with Gasteiger partial charge in [0, 0.05) is 13.2 Å². The average Bonchev–Trinajstić information content (AvgIpc) is 2.36. The molecule has 3 heteroatoms. The highest BCUT2D eigenvalue weighted by Crippen LogP contribution is 2.27. The summed E-state index contributed by atoms with van der Waals surface area (Å²) in [6, 6.07) is 0. The van der Waals surface area contributed by atoms with Gasteiger partial charge >= 0.3 is 0 Å². The summed E-state index contributed by atoms with van der Waals surface area (Å²) in [5, 5.41) is 3.28. The highest BCUT2D eigenvalue weighted by atomic mass is 16.5. The fourth-order valence-electron chi connectivity index (χ4n) is 2.19. The summed E-state index contributed by atoms with van der Waals surface area (Å²) in [4.78, 5) is 0. The smallest absolute Gasteiger partial charge is 0.0652 e. The van der Waals surface area contributed by atoms with Crippen LogP contribution in [0.2, 0.25) is 0 Å².